The van der Waals surface area contributed by atoms with Gasteiger partial charge in [-0.3, -0.25) is 14.4 Å². The molecule has 0 heterocycles. The Morgan fingerprint density at radius 2 is 1.70 bits per heavy atom. The molecule has 3 N–H and O–H groups in total. The number of unbranched alkanes of at least 4 members (excludes halogenated alkanes) is 3. The first-order valence-corrected chi connectivity index (χ1v) is 10.1. The summed E-state index contributed by atoms with van der Waals surface area (Å²) in [7, 11) is 1.58. The predicted octanol–water partition coefficient (Wildman–Crippen LogP) is 3.26. The van der Waals surface area contributed by atoms with Gasteiger partial charge in [0, 0.05) is 13.1 Å². The molecule has 3 amide bonds. The Morgan fingerprint density at radius 3 is 2.47 bits per heavy atom. The van der Waals surface area contributed by atoms with Crippen LogP contribution in [0.25, 0.3) is 0 Å². The number of nitrogens with one attached hydrogen (secondary N) is 3. The van der Waals surface area contributed by atoms with Crippen LogP contribution in [0.15, 0.2) is 48.5 Å². The summed E-state index contributed by atoms with van der Waals surface area (Å²) in [6.45, 7) is 2.86. The quantitative estimate of drug-likeness (QED) is 0.413. The molecule has 0 saturated carbocycles. The number of hydrogen-bond acceptors (Lipinski definition) is 4. The molecule has 0 fully saturated rings. The normalized spacial score (nSPS) is 10.2. The Morgan fingerprint density at radius 1 is 0.900 bits per heavy atom. The molecule has 7 nitrogen and oxygen atoms in total. The minimum absolute atomic E-state index is 0.282. The van der Waals surface area contributed by atoms with E-state index in [1.165, 1.54) is 0 Å². The van der Waals surface area contributed by atoms with Crippen molar-refractivity contribution in [2.45, 2.75) is 39.2 Å². The molecule has 2 rings (SSSR count). The number of amides is 3. The van der Waals surface area contributed by atoms with E-state index >= 15 is 0 Å². The Bertz CT molecular complexity index is 867. The van der Waals surface area contributed by atoms with Gasteiger partial charge in [0.25, 0.3) is 5.91 Å². The number of hydrogen-bond donors (Lipinski definition) is 3. The van der Waals surface area contributed by atoms with E-state index < -0.39 is 11.8 Å². The highest BCUT2D eigenvalue weighted by atomic mass is 16.5. The summed E-state index contributed by atoms with van der Waals surface area (Å²) in [6.07, 6.45) is 4.04. The molecule has 0 spiro atoms. The van der Waals surface area contributed by atoms with Gasteiger partial charge in [-0.2, -0.15) is 0 Å². The Hall–Kier alpha value is -3.35. The maximum atomic E-state index is 12.6. The fraction of sp³-hybridized carbons (Fsp3) is 0.348. The number of rotatable bonds is 10. The second-order valence-electron chi connectivity index (χ2n) is 6.85. The van der Waals surface area contributed by atoms with Crippen LogP contribution < -0.4 is 20.7 Å². The van der Waals surface area contributed by atoms with E-state index in [0.717, 1.165) is 31.2 Å². The number of para-hydroxylation sites is 1. The minimum Gasteiger partial charge on any atom is -0.497 e. The molecule has 0 atom stereocenters. The summed E-state index contributed by atoms with van der Waals surface area (Å²) in [5.74, 6) is -1.15. The molecule has 0 saturated heterocycles. The average Bonchev–Trinajstić information content (AvgIpc) is 2.77. The molecule has 2 aromatic rings. The zero-order valence-electron chi connectivity index (χ0n) is 17.5. The van der Waals surface area contributed by atoms with Gasteiger partial charge in [0.05, 0.1) is 18.4 Å². The second kappa shape index (κ2) is 12.3. The summed E-state index contributed by atoms with van der Waals surface area (Å²) in [4.78, 5) is 36.8. The van der Waals surface area contributed by atoms with Crippen LogP contribution in [-0.2, 0) is 16.1 Å². The third-order valence-corrected chi connectivity index (χ3v) is 4.53. The molecule has 30 heavy (non-hydrogen) atoms. The number of anilines is 1. The van der Waals surface area contributed by atoms with Gasteiger partial charge >= 0.3 is 11.8 Å². The zero-order chi connectivity index (χ0) is 21.8. The number of carbonyl (C=O) groups excluding carboxylic acids is 3. The van der Waals surface area contributed by atoms with Crippen LogP contribution in [0.1, 0.15) is 48.5 Å². The lowest BCUT2D eigenvalue weighted by molar-refractivity contribution is -0.136. The molecule has 0 bridgehead atoms. The van der Waals surface area contributed by atoms with E-state index in [0.29, 0.717) is 18.8 Å². The lowest BCUT2D eigenvalue weighted by atomic mass is 10.1. The topological polar surface area (TPSA) is 96.5 Å². The van der Waals surface area contributed by atoms with E-state index in [4.69, 9.17) is 4.74 Å². The molecule has 0 aromatic heterocycles. The van der Waals surface area contributed by atoms with Crippen LogP contribution in [0.3, 0.4) is 0 Å². The van der Waals surface area contributed by atoms with Crippen LogP contribution in [-0.4, -0.2) is 31.4 Å². The fourth-order valence-electron chi connectivity index (χ4n) is 2.86. The highest BCUT2D eigenvalue weighted by molar-refractivity contribution is 6.40. The lowest BCUT2D eigenvalue weighted by Crippen LogP contribution is -2.36. The largest absolute Gasteiger partial charge is 0.497 e. The maximum absolute atomic E-state index is 12.6. The van der Waals surface area contributed by atoms with Gasteiger partial charge in [-0.05, 0) is 36.2 Å². The summed E-state index contributed by atoms with van der Waals surface area (Å²) in [5, 5.41) is 7.95. The van der Waals surface area contributed by atoms with Crippen LogP contribution in [0.2, 0.25) is 0 Å². The average molecular weight is 412 g/mol. The van der Waals surface area contributed by atoms with Gasteiger partial charge in [-0.1, -0.05) is 50.5 Å². The van der Waals surface area contributed by atoms with Crippen LogP contribution >= 0.6 is 0 Å². The van der Waals surface area contributed by atoms with Crippen molar-refractivity contribution in [3.05, 3.63) is 59.7 Å². The van der Waals surface area contributed by atoms with Gasteiger partial charge in [-0.15, -0.1) is 0 Å². The second-order valence-corrected chi connectivity index (χ2v) is 6.85. The standard InChI is InChI=1S/C23H29N3O4/c1-3-4-5-8-14-24-22(28)23(29)26-20-13-7-6-12-19(20)21(27)25-16-17-10-9-11-18(15-17)30-2/h6-7,9-13,15H,3-5,8,14,16H2,1-2H3,(H,24,28)(H,25,27)(H,26,29). The minimum atomic E-state index is -0.793. The van der Waals surface area contributed by atoms with E-state index in [9.17, 15) is 14.4 Å². The number of carbonyl (C=O) groups is 3. The van der Waals surface area contributed by atoms with Crippen molar-refractivity contribution < 1.29 is 19.1 Å². The number of ether oxygens (including phenoxy) is 1. The molecular formula is C23H29N3O4. The van der Waals surface area contributed by atoms with E-state index in [1.807, 2.05) is 24.3 Å². The monoisotopic (exact) mass is 411 g/mol. The molecule has 7 heteroatoms. The molecule has 2 aromatic carbocycles. The fourth-order valence-corrected chi connectivity index (χ4v) is 2.86. The van der Waals surface area contributed by atoms with Crippen LogP contribution in [0.5, 0.6) is 5.75 Å². The molecule has 160 valence electrons. The first kappa shape index (κ1) is 22.9. The number of methoxy groups -OCH3 is 1. The van der Waals surface area contributed by atoms with Gasteiger partial charge in [-0.25, -0.2) is 0 Å². The van der Waals surface area contributed by atoms with E-state index in [-0.39, 0.29) is 17.2 Å². The predicted molar refractivity (Wildman–Crippen MR) is 116 cm³/mol. The van der Waals surface area contributed by atoms with Crippen molar-refractivity contribution in [3.8, 4) is 5.75 Å². The van der Waals surface area contributed by atoms with E-state index in [2.05, 4.69) is 22.9 Å². The zero-order valence-corrected chi connectivity index (χ0v) is 17.5. The van der Waals surface area contributed by atoms with Gasteiger partial charge < -0.3 is 20.7 Å². The first-order valence-electron chi connectivity index (χ1n) is 10.1. The summed E-state index contributed by atoms with van der Waals surface area (Å²) in [6, 6.07) is 14.0. The Balaban J connectivity index is 1.93. The van der Waals surface area contributed by atoms with Crippen molar-refractivity contribution in [1.82, 2.24) is 10.6 Å². The molecule has 0 aliphatic rings. The van der Waals surface area contributed by atoms with Gasteiger partial charge in [0.15, 0.2) is 0 Å². The van der Waals surface area contributed by atoms with Crippen molar-refractivity contribution in [3.63, 3.8) is 0 Å². The summed E-state index contributed by atoms with van der Waals surface area (Å²) in [5.41, 5.74) is 1.45. The van der Waals surface area contributed by atoms with Crippen molar-refractivity contribution in [1.29, 1.82) is 0 Å². The molecule has 0 aliphatic carbocycles. The van der Waals surface area contributed by atoms with Crippen LogP contribution in [0, 0.1) is 0 Å². The Kier molecular flexibility index (Phi) is 9.37. The summed E-state index contributed by atoms with van der Waals surface area (Å²) >= 11 is 0. The third kappa shape index (κ3) is 7.24. The highest BCUT2D eigenvalue weighted by Crippen LogP contribution is 2.16. The van der Waals surface area contributed by atoms with Gasteiger partial charge in [0.1, 0.15) is 5.75 Å². The highest BCUT2D eigenvalue weighted by Gasteiger charge is 2.17. The van der Waals surface area contributed by atoms with E-state index in [1.54, 1.807) is 31.4 Å². The van der Waals surface area contributed by atoms with Gasteiger partial charge in [0.2, 0.25) is 0 Å². The third-order valence-electron chi connectivity index (χ3n) is 4.53. The molecular weight excluding hydrogens is 382 g/mol. The molecule has 0 unspecified atom stereocenters. The maximum Gasteiger partial charge on any atom is 0.313 e. The molecule has 0 radical (unpaired) electrons. The first-order chi connectivity index (χ1) is 14.5. The smallest absolute Gasteiger partial charge is 0.313 e. The molecule has 0 aliphatic heterocycles. The van der Waals surface area contributed by atoms with Crippen LogP contribution in [0.4, 0.5) is 5.69 Å². The van der Waals surface area contributed by atoms with Crippen molar-refractivity contribution in [2.75, 3.05) is 19.0 Å². The summed E-state index contributed by atoms with van der Waals surface area (Å²) < 4.78 is 5.18. The van der Waals surface area contributed by atoms with Crippen molar-refractivity contribution in [2.24, 2.45) is 0 Å². The number of benzene rings is 2. The Labute approximate surface area is 177 Å². The van der Waals surface area contributed by atoms with Crippen molar-refractivity contribution >= 4 is 23.4 Å². The lowest BCUT2D eigenvalue weighted by Gasteiger charge is -2.12. The SMILES string of the molecule is CCCCCCNC(=O)C(=O)Nc1ccccc1C(=O)NCc1cccc(OC)c1.